The maximum Gasteiger partial charge on any atom is 0.178 e. The van der Waals surface area contributed by atoms with Crippen LogP contribution < -0.4 is 14.2 Å². The number of ether oxygens (including phenoxy) is 3. The highest BCUT2D eigenvalue weighted by atomic mass is 32.2. The molecule has 0 N–H and O–H groups in total. The van der Waals surface area contributed by atoms with Crippen molar-refractivity contribution in [2.45, 2.75) is 86.5 Å². The molecule has 0 atom stereocenters. The van der Waals surface area contributed by atoms with Crippen molar-refractivity contribution in [3.8, 4) is 28.4 Å². The van der Waals surface area contributed by atoms with Gasteiger partial charge in [0.1, 0.15) is 17.2 Å². The molecule has 9 rings (SSSR count). The highest BCUT2D eigenvalue weighted by Crippen LogP contribution is 2.67. The molecule has 0 saturated heterocycles. The van der Waals surface area contributed by atoms with E-state index in [0.29, 0.717) is 0 Å². The maximum atomic E-state index is 7.83. The van der Waals surface area contributed by atoms with Crippen LogP contribution in [0.2, 0.25) is 0 Å². The molecular formula is C52H52O3S2. The topological polar surface area (TPSA) is 27.7 Å². The molecule has 6 aromatic carbocycles. The number of hydrogen-bond acceptors (Lipinski definition) is 5. The van der Waals surface area contributed by atoms with Crippen molar-refractivity contribution in [3.63, 3.8) is 0 Å². The fraction of sp³-hybridized carbons (Fsp3) is 0.308. The van der Waals surface area contributed by atoms with Gasteiger partial charge in [-0.1, -0.05) is 112 Å². The molecule has 1 aliphatic heterocycles. The van der Waals surface area contributed by atoms with Gasteiger partial charge in [-0.05, 0) is 131 Å². The van der Waals surface area contributed by atoms with Gasteiger partial charge in [0, 0.05) is 42.2 Å². The van der Waals surface area contributed by atoms with Crippen molar-refractivity contribution in [1.82, 2.24) is 0 Å². The minimum Gasteiger partial charge on any atom is -0.497 e. The molecule has 0 amide bonds. The van der Waals surface area contributed by atoms with Gasteiger partial charge in [-0.3, -0.25) is 0 Å². The lowest BCUT2D eigenvalue weighted by molar-refractivity contribution is 0.0642. The quantitative estimate of drug-likeness (QED) is 0.150. The number of aryl methyl sites for hydroxylation is 2. The molecule has 0 unspecified atom stereocenters. The van der Waals surface area contributed by atoms with E-state index in [1.165, 1.54) is 65.4 Å². The highest BCUT2D eigenvalue weighted by molar-refractivity contribution is 8.02. The Morgan fingerprint density at radius 3 is 1.81 bits per heavy atom. The lowest BCUT2D eigenvalue weighted by atomic mass is 9.52. The van der Waals surface area contributed by atoms with E-state index in [1.807, 2.05) is 47.8 Å². The van der Waals surface area contributed by atoms with Gasteiger partial charge in [0.2, 0.25) is 0 Å². The molecule has 2 aliphatic carbocycles. The first-order chi connectivity index (χ1) is 27.3. The molecule has 5 heteroatoms. The van der Waals surface area contributed by atoms with Crippen LogP contribution in [-0.4, -0.2) is 20.5 Å². The molecule has 6 aromatic rings. The van der Waals surface area contributed by atoms with Crippen LogP contribution in [0.4, 0.5) is 0 Å². The van der Waals surface area contributed by atoms with Crippen molar-refractivity contribution in [2.75, 3.05) is 20.5 Å². The second-order valence-electron chi connectivity index (χ2n) is 18.0. The van der Waals surface area contributed by atoms with Crippen LogP contribution in [-0.2, 0) is 11.0 Å². The Morgan fingerprint density at radius 1 is 0.649 bits per heavy atom. The van der Waals surface area contributed by atoms with Gasteiger partial charge in [-0.15, -0.1) is 11.8 Å². The van der Waals surface area contributed by atoms with E-state index >= 15 is 0 Å². The monoisotopic (exact) mass is 788 g/mol. The molecule has 0 aromatic heterocycles. The zero-order chi connectivity index (χ0) is 39.9. The summed E-state index contributed by atoms with van der Waals surface area (Å²) in [5.41, 5.74) is 10.7. The zero-order valence-corrected chi connectivity index (χ0v) is 36.3. The predicted molar refractivity (Wildman–Crippen MR) is 240 cm³/mol. The van der Waals surface area contributed by atoms with Gasteiger partial charge in [0.05, 0.1) is 14.2 Å². The molecule has 0 radical (unpaired) electrons. The summed E-state index contributed by atoms with van der Waals surface area (Å²) in [6.45, 7) is 14.4. The zero-order valence-electron chi connectivity index (χ0n) is 34.6. The summed E-state index contributed by atoms with van der Waals surface area (Å²) < 4.78 is 19.1. The van der Waals surface area contributed by atoms with Crippen LogP contribution in [0.5, 0.6) is 17.2 Å². The first-order valence-electron chi connectivity index (χ1n) is 20.1. The van der Waals surface area contributed by atoms with Crippen LogP contribution in [0.3, 0.4) is 0 Å². The van der Waals surface area contributed by atoms with Gasteiger partial charge < -0.3 is 14.2 Å². The summed E-state index contributed by atoms with van der Waals surface area (Å²) in [6.07, 6.45) is 10.3. The second kappa shape index (κ2) is 13.8. The standard InChI is InChI=1S/C52H52O3S2/c1-32-13-12-14-33(2)48(32)57-44-27-40-41(28-43(44)56-9)47-39(46-45(40)38-15-10-11-16-42(38)51(46)30-49(3,4)29-50(5,6)31-51)25-26-52(55-47,34-17-21-36(53-7)22-18-34)35-19-23-37(54-8)24-20-35/h10-28H,29-31H2,1-9H3. The number of hydrogen-bond donors (Lipinski definition) is 0. The van der Waals surface area contributed by atoms with E-state index < -0.39 is 5.60 Å². The maximum absolute atomic E-state index is 7.83. The van der Waals surface area contributed by atoms with Gasteiger partial charge in [-0.25, -0.2) is 0 Å². The molecule has 290 valence electrons. The Bertz CT molecular complexity index is 2500. The first kappa shape index (κ1) is 38.0. The molecule has 3 nitrogen and oxygen atoms in total. The van der Waals surface area contributed by atoms with Crippen LogP contribution >= 0.6 is 23.5 Å². The Kier molecular flexibility index (Phi) is 9.17. The predicted octanol–water partition coefficient (Wildman–Crippen LogP) is 14.2. The van der Waals surface area contributed by atoms with Gasteiger partial charge in [0.15, 0.2) is 5.60 Å². The summed E-state index contributed by atoms with van der Waals surface area (Å²) in [7, 11) is 3.43. The Hall–Kier alpha value is -4.58. The van der Waals surface area contributed by atoms with E-state index in [4.69, 9.17) is 14.2 Å². The highest BCUT2D eigenvalue weighted by Gasteiger charge is 2.55. The summed E-state index contributed by atoms with van der Waals surface area (Å²) >= 11 is 3.71. The second-order valence-corrected chi connectivity index (χ2v) is 19.9. The Labute approximate surface area is 347 Å². The third-order valence-electron chi connectivity index (χ3n) is 12.7. The summed E-state index contributed by atoms with van der Waals surface area (Å²) in [6, 6.07) is 37.6. The number of fused-ring (bicyclic) bond motifs is 10. The fourth-order valence-electron chi connectivity index (χ4n) is 11.1. The first-order valence-corrected chi connectivity index (χ1v) is 22.1. The van der Waals surface area contributed by atoms with Gasteiger partial charge >= 0.3 is 0 Å². The van der Waals surface area contributed by atoms with Crippen LogP contribution in [0.1, 0.15) is 85.9 Å². The number of thioether (sulfide) groups is 1. The summed E-state index contributed by atoms with van der Waals surface area (Å²) in [5.74, 6) is 2.57. The Balaban J connectivity index is 1.39. The normalized spacial score (nSPS) is 17.8. The molecule has 1 heterocycles. The van der Waals surface area contributed by atoms with Crippen LogP contribution in [0.15, 0.2) is 124 Å². The van der Waals surface area contributed by atoms with Crippen molar-refractivity contribution in [1.29, 1.82) is 0 Å². The van der Waals surface area contributed by atoms with E-state index in [9.17, 15) is 0 Å². The third kappa shape index (κ3) is 6.11. The average Bonchev–Trinajstić information content (AvgIpc) is 3.46. The van der Waals surface area contributed by atoms with Gasteiger partial charge in [-0.2, -0.15) is 0 Å². The van der Waals surface area contributed by atoms with Gasteiger partial charge in [0.25, 0.3) is 0 Å². The molecule has 1 fully saturated rings. The van der Waals surface area contributed by atoms with Crippen molar-refractivity contribution >= 4 is 40.4 Å². The van der Waals surface area contributed by atoms with Crippen molar-refractivity contribution in [3.05, 3.63) is 148 Å². The largest absolute Gasteiger partial charge is 0.497 e. The minimum atomic E-state index is -0.901. The van der Waals surface area contributed by atoms with E-state index in [2.05, 4.69) is 139 Å². The lowest BCUT2D eigenvalue weighted by Crippen LogP contribution is -2.44. The lowest BCUT2D eigenvalue weighted by Gasteiger charge is -2.52. The van der Waals surface area contributed by atoms with E-state index in [0.717, 1.165) is 46.6 Å². The average molecular weight is 789 g/mol. The molecule has 1 spiro atoms. The fourth-order valence-corrected chi connectivity index (χ4v) is 13.0. The molecule has 3 aliphatic rings. The van der Waals surface area contributed by atoms with E-state index in [-0.39, 0.29) is 16.2 Å². The van der Waals surface area contributed by atoms with Crippen molar-refractivity contribution < 1.29 is 14.2 Å². The molecule has 57 heavy (non-hydrogen) atoms. The molecule has 1 saturated carbocycles. The number of benzene rings is 6. The summed E-state index contributed by atoms with van der Waals surface area (Å²) in [5, 5.41) is 2.41. The van der Waals surface area contributed by atoms with E-state index in [1.54, 1.807) is 14.2 Å². The SMILES string of the molecule is COc1ccc(C2(c3ccc(OC)cc3)C=Cc3c4c(c5cc(Sc6c(C)cccc6C)c(SC)cc5c3O2)-c2ccccc2C42CC(C)(C)CC(C)(C)C2)cc1. The molecule has 0 bridgehead atoms. The Morgan fingerprint density at radius 2 is 1.23 bits per heavy atom. The third-order valence-corrected chi connectivity index (χ3v) is 15.0. The summed E-state index contributed by atoms with van der Waals surface area (Å²) in [4.78, 5) is 3.85. The van der Waals surface area contributed by atoms with Crippen LogP contribution in [0.25, 0.3) is 28.0 Å². The molecular weight excluding hydrogens is 737 g/mol. The van der Waals surface area contributed by atoms with Crippen molar-refractivity contribution in [2.24, 2.45) is 10.8 Å². The number of rotatable bonds is 7. The number of methoxy groups -OCH3 is 2. The van der Waals surface area contributed by atoms with Crippen LogP contribution in [0, 0.1) is 24.7 Å². The smallest absolute Gasteiger partial charge is 0.178 e. The minimum absolute atomic E-state index is 0.138.